The van der Waals surface area contributed by atoms with Crippen molar-refractivity contribution in [3.8, 4) is 0 Å². The molecular weight excluding hydrogens is 384 g/mol. The van der Waals surface area contributed by atoms with Crippen LogP contribution in [0.2, 0.25) is 5.02 Å². The van der Waals surface area contributed by atoms with Gasteiger partial charge in [0.1, 0.15) is 17.7 Å². The highest BCUT2D eigenvalue weighted by molar-refractivity contribution is 6.30. The van der Waals surface area contributed by atoms with Crippen molar-refractivity contribution in [2.24, 2.45) is 0 Å². The summed E-state index contributed by atoms with van der Waals surface area (Å²) < 4.78 is 0. The molecule has 6 heteroatoms. The molecule has 1 aromatic carbocycles. The summed E-state index contributed by atoms with van der Waals surface area (Å²) in [5.74, 6) is 1.58. The third-order valence-corrected chi connectivity index (χ3v) is 5.78. The van der Waals surface area contributed by atoms with Gasteiger partial charge < -0.3 is 10.2 Å². The van der Waals surface area contributed by atoms with Gasteiger partial charge in [0, 0.05) is 29.4 Å². The van der Waals surface area contributed by atoms with Crippen LogP contribution in [0.4, 0.5) is 5.82 Å². The lowest BCUT2D eigenvalue weighted by Gasteiger charge is -2.33. The molecule has 1 aliphatic carbocycles. The van der Waals surface area contributed by atoms with Crippen LogP contribution in [0.5, 0.6) is 0 Å². The van der Waals surface area contributed by atoms with Crippen LogP contribution >= 0.6 is 11.6 Å². The smallest absolute Gasteiger partial charge is 0.242 e. The molecule has 1 heterocycles. The number of aryl methyl sites for hydroxylation is 2. The lowest BCUT2D eigenvalue weighted by Crippen LogP contribution is -2.50. The Morgan fingerprint density at radius 1 is 1.17 bits per heavy atom. The normalized spacial score (nSPS) is 15.7. The molecule has 0 radical (unpaired) electrons. The average molecular weight is 415 g/mol. The first-order valence-electron chi connectivity index (χ1n) is 10.6. The van der Waals surface area contributed by atoms with Crippen LogP contribution in [0, 0.1) is 13.8 Å². The Kier molecular flexibility index (Phi) is 7.48. The largest absolute Gasteiger partial charge is 0.352 e. The minimum Gasteiger partial charge on any atom is -0.352 e. The molecule has 156 valence electrons. The summed E-state index contributed by atoms with van der Waals surface area (Å²) in [6.45, 7) is 6.49. The minimum absolute atomic E-state index is 0.0854. The topological polar surface area (TPSA) is 58.1 Å². The van der Waals surface area contributed by atoms with E-state index in [1.54, 1.807) is 0 Å². The van der Waals surface area contributed by atoms with Gasteiger partial charge in [-0.2, -0.15) is 0 Å². The molecule has 1 unspecified atom stereocenters. The molecule has 2 aromatic rings. The van der Waals surface area contributed by atoms with E-state index >= 15 is 0 Å². The molecule has 0 spiro atoms. The summed E-state index contributed by atoms with van der Waals surface area (Å²) in [7, 11) is 0. The number of aromatic nitrogens is 2. The zero-order valence-corrected chi connectivity index (χ0v) is 18.4. The minimum atomic E-state index is -0.290. The van der Waals surface area contributed by atoms with Gasteiger partial charge in [-0.1, -0.05) is 49.9 Å². The number of carbonyl (C=O) groups excluding carboxylic acids is 1. The van der Waals surface area contributed by atoms with Crippen molar-refractivity contribution >= 4 is 23.3 Å². The average Bonchev–Trinajstić information content (AvgIpc) is 2.69. The predicted octanol–water partition coefficient (Wildman–Crippen LogP) is 4.98. The fraction of sp³-hybridized carbons (Fsp3) is 0.522. The Labute approximate surface area is 178 Å². The van der Waals surface area contributed by atoms with Crippen molar-refractivity contribution in [2.45, 2.75) is 77.9 Å². The second kappa shape index (κ2) is 10.1. The highest BCUT2D eigenvalue weighted by Gasteiger charge is 2.28. The first kappa shape index (κ1) is 21.6. The van der Waals surface area contributed by atoms with Crippen LogP contribution in [0.25, 0.3) is 0 Å². The van der Waals surface area contributed by atoms with Crippen LogP contribution in [0.3, 0.4) is 0 Å². The van der Waals surface area contributed by atoms with Crippen LogP contribution in [-0.4, -0.2) is 28.0 Å². The number of hydrogen-bond acceptors (Lipinski definition) is 4. The van der Waals surface area contributed by atoms with E-state index in [0.29, 0.717) is 23.8 Å². The van der Waals surface area contributed by atoms with E-state index in [2.05, 4.69) is 27.1 Å². The fourth-order valence-corrected chi connectivity index (χ4v) is 4.20. The van der Waals surface area contributed by atoms with Gasteiger partial charge in [0.2, 0.25) is 5.91 Å². The van der Waals surface area contributed by atoms with E-state index < -0.39 is 0 Å². The lowest BCUT2D eigenvalue weighted by molar-refractivity contribution is -0.123. The van der Waals surface area contributed by atoms with Gasteiger partial charge in [-0.15, -0.1) is 0 Å². The Balaban J connectivity index is 1.88. The number of nitrogens with zero attached hydrogens (tertiary/aromatic N) is 3. The summed E-state index contributed by atoms with van der Waals surface area (Å²) in [6.07, 6.45) is 6.51. The molecule has 0 aliphatic heterocycles. The number of anilines is 1. The van der Waals surface area contributed by atoms with Crippen molar-refractivity contribution in [1.29, 1.82) is 0 Å². The van der Waals surface area contributed by atoms with Gasteiger partial charge in [0.25, 0.3) is 0 Å². The van der Waals surface area contributed by atoms with E-state index in [-0.39, 0.29) is 18.0 Å². The molecule has 3 rings (SSSR count). The number of benzene rings is 1. The summed E-state index contributed by atoms with van der Waals surface area (Å²) in [6, 6.07) is 9.73. The molecule has 29 heavy (non-hydrogen) atoms. The Hall–Kier alpha value is -2.14. The maximum Gasteiger partial charge on any atom is 0.242 e. The fourth-order valence-electron chi connectivity index (χ4n) is 4.07. The van der Waals surface area contributed by atoms with Gasteiger partial charge in [-0.3, -0.25) is 4.79 Å². The van der Waals surface area contributed by atoms with E-state index in [1.807, 2.05) is 44.2 Å². The van der Waals surface area contributed by atoms with Gasteiger partial charge in [-0.05, 0) is 50.8 Å². The maximum absolute atomic E-state index is 13.3. The number of amides is 1. The van der Waals surface area contributed by atoms with Crippen LogP contribution in [0.1, 0.15) is 62.5 Å². The second-order valence-corrected chi connectivity index (χ2v) is 8.37. The summed E-state index contributed by atoms with van der Waals surface area (Å²) >= 11 is 6.06. The Morgan fingerprint density at radius 3 is 2.48 bits per heavy atom. The van der Waals surface area contributed by atoms with Crippen LogP contribution < -0.4 is 10.2 Å². The van der Waals surface area contributed by atoms with Gasteiger partial charge >= 0.3 is 0 Å². The monoisotopic (exact) mass is 414 g/mol. The quantitative estimate of drug-likeness (QED) is 0.694. The first-order valence-corrected chi connectivity index (χ1v) is 11.0. The third-order valence-electron chi connectivity index (χ3n) is 5.53. The molecule has 0 bridgehead atoms. The molecule has 0 saturated heterocycles. The molecule has 5 nitrogen and oxygen atoms in total. The zero-order valence-electron chi connectivity index (χ0n) is 17.6. The van der Waals surface area contributed by atoms with Crippen LogP contribution in [-0.2, 0) is 11.3 Å². The molecule has 1 fully saturated rings. The highest BCUT2D eigenvalue weighted by Crippen LogP contribution is 2.23. The highest BCUT2D eigenvalue weighted by atomic mass is 35.5. The molecule has 1 N–H and O–H groups in total. The maximum atomic E-state index is 13.3. The number of carbonyl (C=O) groups is 1. The Bertz CT molecular complexity index is 798. The summed E-state index contributed by atoms with van der Waals surface area (Å²) in [4.78, 5) is 24.4. The van der Waals surface area contributed by atoms with Gasteiger partial charge in [0.05, 0.1) is 0 Å². The van der Waals surface area contributed by atoms with Crippen molar-refractivity contribution in [3.63, 3.8) is 0 Å². The molecule has 1 aliphatic rings. The van der Waals surface area contributed by atoms with E-state index in [9.17, 15) is 4.79 Å². The van der Waals surface area contributed by atoms with Gasteiger partial charge in [0.15, 0.2) is 0 Å². The lowest BCUT2D eigenvalue weighted by atomic mass is 9.95. The van der Waals surface area contributed by atoms with Crippen molar-refractivity contribution in [3.05, 3.63) is 52.4 Å². The van der Waals surface area contributed by atoms with Crippen molar-refractivity contribution in [2.75, 3.05) is 4.90 Å². The van der Waals surface area contributed by atoms with Crippen LogP contribution in [0.15, 0.2) is 30.3 Å². The van der Waals surface area contributed by atoms with E-state index in [1.165, 1.54) is 19.3 Å². The summed E-state index contributed by atoms with van der Waals surface area (Å²) in [5.41, 5.74) is 1.99. The number of hydrogen-bond donors (Lipinski definition) is 1. The molecule has 1 atom stereocenters. The van der Waals surface area contributed by atoms with Crippen molar-refractivity contribution in [1.82, 2.24) is 15.3 Å². The molecule has 1 saturated carbocycles. The first-order chi connectivity index (χ1) is 14.0. The number of halogens is 1. The standard InChI is InChI=1S/C23H31ClN4O/c1-4-21(23(29)27-20-8-6-5-7-9-20)28(15-18-10-12-19(24)13-11-18)22-14-16(2)25-17(3)26-22/h10-14,20-21H,4-9,15H2,1-3H3,(H,27,29). The second-order valence-electron chi connectivity index (χ2n) is 7.94. The summed E-state index contributed by atoms with van der Waals surface area (Å²) in [5, 5.41) is 4.00. The Morgan fingerprint density at radius 2 is 1.86 bits per heavy atom. The van der Waals surface area contributed by atoms with E-state index in [0.717, 1.165) is 29.9 Å². The molecular formula is C23H31ClN4O. The SMILES string of the molecule is CCC(C(=O)NC1CCCCC1)N(Cc1ccc(Cl)cc1)c1cc(C)nc(C)n1. The number of rotatable bonds is 7. The van der Waals surface area contributed by atoms with Crippen molar-refractivity contribution < 1.29 is 4.79 Å². The molecule has 1 aromatic heterocycles. The number of nitrogens with one attached hydrogen (secondary N) is 1. The zero-order chi connectivity index (χ0) is 20.8. The predicted molar refractivity (Wildman–Crippen MR) is 118 cm³/mol. The molecule has 1 amide bonds. The van der Waals surface area contributed by atoms with Gasteiger partial charge in [-0.25, -0.2) is 9.97 Å². The van der Waals surface area contributed by atoms with E-state index in [4.69, 9.17) is 11.6 Å². The third kappa shape index (κ3) is 5.92.